The van der Waals surface area contributed by atoms with E-state index in [1.165, 1.54) is 11.0 Å². The maximum Gasteiger partial charge on any atom is 0.416 e. The molecule has 1 aliphatic heterocycles. The lowest BCUT2D eigenvalue weighted by atomic mass is 9.81. The van der Waals surface area contributed by atoms with Gasteiger partial charge in [0.05, 0.1) is 21.8 Å². The number of carbonyl (C=O) groups excluding carboxylic acids is 3. The Morgan fingerprint density at radius 3 is 2.39 bits per heavy atom. The number of alkyl halides is 4. The minimum atomic E-state index is -4.64. The van der Waals surface area contributed by atoms with Gasteiger partial charge in [-0.25, -0.2) is 4.68 Å². The van der Waals surface area contributed by atoms with Gasteiger partial charge in [0.15, 0.2) is 0 Å². The highest BCUT2D eigenvalue weighted by Crippen LogP contribution is 2.44. The van der Waals surface area contributed by atoms with E-state index in [4.69, 9.17) is 5.10 Å². The van der Waals surface area contributed by atoms with Crippen molar-refractivity contribution in [2.24, 2.45) is 0 Å². The molecule has 3 amide bonds. The maximum absolute atomic E-state index is 14.3. The van der Waals surface area contributed by atoms with Crippen LogP contribution in [0, 0.1) is 6.92 Å². The lowest BCUT2D eigenvalue weighted by molar-refractivity contribution is -0.137. The molecule has 0 radical (unpaired) electrons. The highest BCUT2D eigenvalue weighted by molar-refractivity contribution is 9.10. The third-order valence-corrected chi connectivity index (χ3v) is 7.86. The molecule has 0 bridgehead atoms. The Kier molecular flexibility index (Phi) is 8.64. The topological polar surface area (TPSA) is 96.3 Å². The molecule has 3 atom stereocenters. The van der Waals surface area contributed by atoms with Gasteiger partial charge in [0, 0.05) is 29.3 Å². The molecule has 5 rings (SSSR count). The number of nitrogens with zero attached hydrogens (tertiary/aromatic N) is 3. The van der Waals surface area contributed by atoms with E-state index < -0.39 is 40.3 Å². The summed E-state index contributed by atoms with van der Waals surface area (Å²) < 4.78 is 42.0. The molecule has 3 aromatic carbocycles. The molecule has 0 saturated heterocycles. The van der Waals surface area contributed by atoms with Crippen LogP contribution >= 0.6 is 15.9 Å². The van der Waals surface area contributed by atoms with Gasteiger partial charge in [-0.15, -0.1) is 0 Å². The number of aromatic nitrogens is 2. The molecule has 4 aromatic rings. The molecule has 2 N–H and O–H groups in total. The number of aryl methyl sites for hydroxylation is 1. The number of amides is 3. The average Bonchev–Trinajstić information content (AvgIpc) is 3.34. The van der Waals surface area contributed by atoms with Crippen molar-refractivity contribution in [1.29, 1.82) is 0 Å². The number of likely N-dealkylation sites (N-methyl/N-ethyl adjacent to an activating group) is 1. The zero-order valence-corrected chi connectivity index (χ0v) is 25.6. The molecule has 1 aliphatic rings. The van der Waals surface area contributed by atoms with Gasteiger partial charge < -0.3 is 10.6 Å². The first kappa shape index (κ1) is 31.0. The highest BCUT2D eigenvalue weighted by atomic mass is 79.9. The van der Waals surface area contributed by atoms with Crippen molar-refractivity contribution in [3.8, 4) is 5.69 Å². The quantitative estimate of drug-likeness (QED) is 0.229. The molecule has 0 saturated carbocycles. The smallest absolute Gasteiger partial charge is 0.339 e. The summed E-state index contributed by atoms with van der Waals surface area (Å²) >= 11 is 3.26. The van der Waals surface area contributed by atoms with Crippen LogP contribution in [0.15, 0.2) is 78.9 Å². The van der Waals surface area contributed by atoms with Gasteiger partial charge in [0.25, 0.3) is 11.8 Å². The molecular weight excluding hydrogens is 639 g/mol. The van der Waals surface area contributed by atoms with Crippen LogP contribution in [0.25, 0.3) is 5.69 Å². The standard InChI is InChI=1S/C32H29BrF3N5O3/c1-4-40-30-25(19(3)39-41(30)24-14-6-5-7-15-24)26(20-10-9-13-23(17-20)37-28(42)18(2)33)27(31(40)44)38-29(43)21-11-8-12-22(16-21)32(34,35)36/h5-18,26-27H,4H2,1-3H3,(H,37,42)(H,38,43)/t18-,26-,27-/m0/s1. The largest absolute Gasteiger partial charge is 0.416 e. The molecule has 8 nitrogen and oxygen atoms in total. The number of carbonyl (C=O) groups is 3. The van der Waals surface area contributed by atoms with Gasteiger partial charge in [-0.3, -0.25) is 19.3 Å². The third-order valence-electron chi connectivity index (χ3n) is 7.44. The van der Waals surface area contributed by atoms with Crippen LogP contribution in [0.4, 0.5) is 24.7 Å². The summed E-state index contributed by atoms with van der Waals surface area (Å²) in [6.07, 6.45) is -4.64. The Hall–Kier alpha value is -4.45. The summed E-state index contributed by atoms with van der Waals surface area (Å²) in [5.41, 5.74) is 1.86. The van der Waals surface area contributed by atoms with Gasteiger partial charge in [0.1, 0.15) is 11.9 Å². The number of anilines is 2. The minimum absolute atomic E-state index is 0.232. The first-order chi connectivity index (χ1) is 20.9. The Morgan fingerprint density at radius 2 is 1.73 bits per heavy atom. The first-order valence-corrected chi connectivity index (χ1v) is 14.8. The van der Waals surface area contributed by atoms with Crippen molar-refractivity contribution >= 4 is 45.2 Å². The van der Waals surface area contributed by atoms with E-state index in [0.29, 0.717) is 28.3 Å². The lowest BCUT2D eigenvalue weighted by Crippen LogP contribution is -2.55. The van der Waals surface area contributed by atoms with Gasteiger partial charge >= 0.3 is 6.18 Å². The van der Waals surface area contributed by atoms with Crippen molar-refractivity contribution in [2.45, 2.75) is 43.7 Å². The normalized spacial score (nSPS) is 17.2. The zero-order valence-electron chi connectivity index (χ0n) is 24.0. The second-order valence-electron chi connectivity index (χ2n) is 10.4. The molecule has 1 aromatic heterocycles. The Labute approximate surface area is 260 Å². The van der Waals surface area contributed by atoms with Crippen LogP contribution < -0.4 is 15.5 Å². The fraction of sp³-hybridized carbons (Fsp3) is 0.250. The first-order valence-electron chi connectivity index (χ1n) is 13.9. The summed E-state index contributed by atoms with van der Waals surface area (Å²) in [5, 5.41) is 10.4. The van der Waals surface area contributed by atoms with Gasteiger partial charge in [-0.1, -0.05) is 52.3 Å². The number of fused-ring (bicyclic) bond motifs is 1. The summed E-state index contributed by atoms with van der Waals surface area (Å²) in [5.74, 6) is -1.82. The predicted octanol–water partition coefficient (Wildman–Crippen LogP) is 6.22. The molecule has 228 valence electrons. The van der Waals surface area contributed by atoms with Crippen LogP contribution in [-0.2, 0) is 15.8 Å². The van der Waals surface area contributed by atoms with Crippen LogP contribution in [0.2, 0.25) is 0 Å². The molecule has 12 heteroatoms. The van der Waals surface area contributed by atoms with Gasteiger partial charge in [0.2, 0.25) is 5.91 Å². The van der Waals surface area contributed by atoms with E-state index in [2.05, 4.69) is 26.6 Å². The Morgan fingerprint density at radius 1 is 1.02 bits per heavy atom. The predicted molar refractivity (Wildman–Crippen MR) is 164 cm³/mol. The number of hydrogen-bond donors (Lipinski definition) is 2. The van der Waals surface area contributed by atoms with E-state index in [0.717, 1.165) is 23.9 Å². The number of benzene rings is 3. The molecular formula is C32H29BrF3N5O3. The second kappa shape index (κ2) is 12.3. The van der Waals surface area contributed by atoms with E-state index in [1.54, 1.807) is 49.7 Å². The Balaban J connectivity index is 1.66. The summed E-state index contributed by atoms with van der Waals surface area (Å²) in [4.78, 5) is 41.2. The molecule has 0 spiro atoms. The average molecular weight is 669 g/mol. The van der Waals surface area contributed by atoms with Crippen molar-refractivity contribution in [3.05, 3.63) is 107 Å². The molecule has 0 unspecified atom stereocenters. The monoisotopic (exact) mass is 667 g/mol. The number of nitrogens with one attached hydrogen (secondary N) is 2. The molecule has 2 heterocycles. The SMILES string of the molecule is CCN1C(=O)[C@@H](NC(=O)c2cccc(C(F)(F)F)c2)[C@@H](c2cccc(NC(=O)[C@H](C)Br)c2)c2c(C)nn(-c3ccccc3)c21. The molecule has 0 fully saturated rings. The van der Waals surface area contributed by atoms with E-state index in [9.17, 15) is 27.6 Å². The number of para-hydroxylation sites is 1. The fourth-order valence-corrected chi connectivity index (χ4v) is 5.52. The summed E-state index contributed by atoms with van der Waals surface area (Å²) in [6.45, 7) is 5.53. The Bertz CT molecular complexity index is 1720. The molecule has 0 aliphatic carbocycles. The second-order valence-corrected chi connectivity index (χ2v) is 11.8. The third kappa shape index (κ3) is 5.99. The zero-order chi connectivity index (χ0) is 31.8. The van der Waals surface area contributed by atoms with Crippen molar-refractivity contribution in [1.82, 2.24) is 15.1 Å². The number of halogens is 4. The van der Waals surface area contributed by atoms with Crippen molar-refractivity contribution < 1.29 is 27.6 Å². The van der Waals surface area contributed by atoms with Gasteiger partial charge in [-0.2, -0.15) is 18.3 Å². The highest BCUT2D eigenvalue weighted by Gasteiger charge is 2.45. The maximum atomic E-state index is 14.3. The lowest BCUT2D eigenvalue weighted by Gasteiger charge is -2.38. The van der Waals surface area contributed by atoms with E-state index in [-0.39, 0.29) is 18.0 Å². The molecule has 44 heavy (non-hydrogen) atoms. The van der Waals surface area contributed by atoms with Crippen LogP contribution in [0.5, 0.6) is 0 Å². The summed E-state index contributed by atoms with van der Waals surface area (Å²) in [6, 6.07) is 19.1. The van der Waals surface area contributed by atoms with Crippen LogP contribution in [0.3, 0.4) is 0 Å². The summed E-state index contributed by atoms with van der Waals surface area (Å²) in [7, 11) is 0. The van der Waals surface area contributed by atoms with Crippen molar-refractivity contribution in [3.63, 3.8) is 0 Å². The van der Waals surface area contributed by atoms with E-state index >= 15 is 0 Å². The fourth-order valence-electron chi connectivity index (χ4n) is 5.40. The van der Waals surface area contributed by atoms with Crippen molar-refractivity contribution in [2.75, 3.05) is 16.8 Å². The van der Waals surface area contributed by atoms with Gasteiger partial charge in [-0.05, 0) is 68.8 Å². The number of hydrogen-bond acceptors (Lipinski definition) is 4. The van der Waals surface area contributed by atoms with Crippen LogP contribution in [-0.4, -0.2) is 44.9 Å². The van der Waals surface area contributed by atoms with E-state index in [1.807, 2.05) is 30.3 Å². The van der Waals surface area contributed by atoms with Crippen LogP contribution in [0.1, 0.15) is 52.5 Å². The number of rotatable bonds is 7. The minimum Gasteiger partial charge on any atom is -0.339 e.